The lowest BCUT2D eigenvalue weighted by Crippen LogP contribution is -2.18. The third-order valence-electron chi connectivity index (χ3n) is 2.97. The molecule has 1 heterocycles. The fourth-order valence-corrected chi connectivity index (χ4v) is 1.96. The first-order chi connectivity index (χ1) is 10.1. The minimum Gasteiger partial charge on any atom is -0.497 e. The number of aryl methyl sites for hydroxylation is 1. The number of benzene rings is 1. The van der Waals surface area contributed by atoms with Gasteiger partial charge in [-0.2, -0.15) is 0 Å². The van der Waals surface area contributed by atoms with Crippen molar-refractivity contribution in [3.63, 3.8) is 0 Å². The number of nitrogens with two attached hydrogens (primary N) is 1. The third kappa shape index (κ3) is 4.19. The van der Waals surface area contributed by atoms with Crippen LogP contribution in [0.2, 0.25) is 0 Å². The van der Waals surface area contributed by atoms with E-state index in [1.54, 1.807) is 7.11 Å². The van der Waals surface area contributed by atoms with Crippen LogP contribution in [0.5, 0.6) is 11.5 Å². The van der Waals surface area contributed by atoms with Crippen molar-refractivity contribution >= 4 is 0 Å². The number of ether oxygens (including phenoxy) is 2. The van der Waals surface area contributed by atoms with Gasteiger partial charge < -0.3 is 19.6 Å². The van der Waals surface area contributed by atoms with E-state index < -0.39 is 0 Å². The summed E-state index contributed by atoms with van der Waals surface area (Å²) < 4.78 is 16.4. The van der Waals surface area contributed by atoms with E-state index in [0.29, 0.717) is 24.6 Å². The molecule has 2 rings (SSSR count). The van der Waals surface area contributed by atoms with Crippen molar-refractivity contribution in [2.75, 3.05) is 7.11 Å². The molecule has 2 aromatic rings. The van der Waals surface area contributed by atoms with Crippen molar-refractivity contribution in [1.29, 1.82) is 0 Å². The van der Waals surface area contributed by atoms with Gasteiger partial charge in [0.2, 0.25) is 5.89 Å². The Kier molecular flexibility index (Phi) is 5.16. The third-order valence-corrected chi connectivity index (χ3v) is 2.97. The van der Waals surface area contributed by atoms with Gasteiger partial charge in [0.05, 0.1) is 7.11 Å². The van der Waals surface area contributed by atoms with Gasteiger partial charge in [-0.1, -0.05) is 6.92 Å². The second-order valence-corrected chi connectivity index (χ2v) is 4.89. The molecule has 1 aromatic carbocycles. The van der Waals surface area contributed by atoms with E-state index in [4.69, 9.17) is 19.6 Å². The van der Waals surface area contributed by atoms with Crippen LogP contribution in [0.4, 0.5) is 0 Å². The molecule has 6 heteroatoms. The fraction of sp³-hybridized carbons (Fsp3) is 0.467. The number of rotatable bonds is 7. The Bertz CT molecular complexity index is 581. The molecule has 1 aromatic heterocycles. The molecule has 0 bridgehead atoms. The van der Waals surface area contributed by atoms with Crippen molar-refractivity contribution in [3.05, 3.63) is 35.5 Å². The molecule has 6 nitrogen and oxygen atoms in total. The topological polar surface area (TPSA) is 83.4 Å². The Morgan fingerprint density at radius 3 is 2.67 bits per heavy atom. The Hall–Kier alpha value is -2.08. The quantitative estimate of drug-likeness (QED) is 0.841. The zero-order chi connectivity index (χ0) is 15.2. The molecule has 0 aliphatic carbocycles. The molecule has 0 fully saturated rings. The van der Waals surface area contributed by atoms with Crippen LogP contribution in [0, 0.1) is 0 Å². The Morgan fingerprint density at radius 1 is 1.29 bits per heavy atom. The first kappa shape index (κ1) is 15.3. The average Bonchev–Trinajstić information content (AvgIpc) is 2.93. The van der Waals surface area contributed by atoms with E-state index in [1.165, 1.54) is 0 Å². The minimum atomic E-state index is 0.0366. The normalized spacial score (nSPS) is 12.2. The molecule has 0 saturated heterocycles. The predicted molar refractivity (Wildman–Crippen MR) is 78.4 cm³/mol. The van der Waals surface area contributed by atoms with E-state index in [-0.39, 0.29) is 12.6 Å². The predicted octanol–water partition coefficient (Wildman–Crippen LogP) is 2.11. The highest BCUT2D eigenvalue weighted by Crippen LogP contribution is 2.26. The van der Waals surface area contributed by atoms with Gasteiger partial charge in [0.1, 0.15) is 11.5 Å². The molecule has 0 spiro atoms. The van der Waals surface area contributed by atoms with Crippen LogP contribution in [-0.4, -0.2) is 23.3 Å². The smallest absolute Gasteiger partial charge is 0.253 e. The first-order valence-corrected chi connectivity index (χ1v) is 6.99. The van der Waals surface area contributed by atoms with E-state index in [0.717, 1.165) is 17.1 Å². The molecule has 0 amide bonds. The minimum absolute atomic E-state index is 0.0366. The summed E-state index contributed by atoms with van der Waals surface area (Å²) in [7, 11) is 1.64. The number of hydrogen-bond donors (Lipinski definition) is 1. The molecule has 1 unspecified atom stereocenters. The summed E-state index contributed by atoms with van der Waals surface area (Å²) in [5, 5.41) is 7.84. The molecule has 0 aliphatic heterocycles. The lowest BCUT2D eigenvalue weighted by molar-refractivity contribution is 0.256. The summed E-state index contributed by atoms with van der Waals surface area (Å²) >= 11 is 0. The van der Waals surface area contributed by atoms with Gasteiger partial charge >= 0.3 is 0 Å². The van der Waals surface area contributed by atoms with Crippen LogP contribution in [0.3, 0.4) is 0 Å². The second-order valence-electron chi connectivity index (χ2n) is 4.89. The lowest BCUT2D eigenvalue weighted by atomic mass is 10.1. The highest BCUT2D eigenvalue weighted by Gasteiger charge is 2.10. The summed E-state index contributed by atoms with van der Waals surface area (Å²) in [5.41, 5.74) is 6.88. The Morgan fingerprint density at radius 2 is 2.05 bits per heavy atom. The highest BCUT2D eigenvalue weighted by atomic mass is 16.5. The monoisotopic (exact) mass is 291 g/mol. The van der Waals surface area contributed by atoms with E-state index in [2.05, 4.69) is 10.2 Å². The maximum atomic E-state index is 5.88. The summed E-state index contributed by atoms with van der Waals surface area (Å²) in [6.45, 7) is 4.16. The van der Waals surface area contributed by atoms with Crippen LogP contribution in [0.1, 0.15) is 31.2 Å². The number of hydrogen-bond acceptors (Lipinski definition) is 6. The van der Waals surface area contributed by atoms with Crippen molar-refractivity contribution in [3.8, 4) is 11.5 Å². The summed E-state index contributed by atoms with van der Waals surface area (Å²) in [5.74, 6) is 2.61. The first-order valence-electron chi connectivity index (χ1n) is 6.99. The molecule has 21 heavy (non-hydrogen) atoms. The average molecular weight is 291 g/mol. The van der Waals surface area contributed by atoms with Crippen LogP contribution in [0.15, 0.2) is 22.6 Å². The van der Waals surface area contributed by atoms with Gasteiger partial charge in [0.25, 0.3) is 5.89 Å². The molecular weight excluding hydrogens is 270 g/mol. The van der Waals surface area contributed by atoms with Crippen LogP contribution < -0.4 is 15.2 Å². The lowest BCUT2D eigenvalue weighted by Gasteiger charge is -2.13. The number of aromatic nitrogens is 2. The Labute approximate surface area is 124 Å². The summed E-state index contributed by atoms with van der Waals surface area (Å²) in [4.78, 5) is 0. The maximum absolute atomic E-state index is 5.88. The fourth-order valence-electron chi connectivity index (χ4n) is 1.96. The number of methoxy groups -OCH3 is 1. The van der Waals surface area contributed by atoms with Crippen LogP contribution in [-0.2, 0) is 19.4 Å². The van der Waals surface area contributed by atoms with E-state index >= 15 is 0 Å². The van der Waals surface area contributed by atoms with Crippen LogP contribution in [0.25, 0.3) is 0 Å². The van der Waals surface area contributed by atoms with Crippen molar-refractivity contribution < 1.29 is 13.9 Å². The van der Waals surface area contributed by atoms with E-state index in [9.17, 15) is 0 Å². The molecule has 0 saturated carbocycles. The largest absolute Gasteiger partial charge is 0.497 e. The van der Waals surface area contributed by atoms with Gasteiger partial charge in [-0.3, -0.25) is 0 Å². The summed E-state index contributed by atoms with van der Waals surface area (Å²) in [6, 6.07) is 5.69. The molecule has 0 radical (unpaired) electrons. The number of nitrogens with zero attached hydrogens (tertiary/aromatic N) is 2. The molecule has 1 atom stereocenters. The van der Waals surface area contributed by atoms with Gasteiger partial charge in [-0.15, -0.1) is 10.2 Å². The van der Waals surface area contributed by atoms with Gasteiger partial charge in [-0.05, 0) is 37.1 Å². The summed E-state index contributed by atoms with van der Waals surface area (Å²) in [6.07, 6.45) is 1.42. The van der Waals surface area contributed by atoms with Gasteiger partial charge in [0, 0.05) is 12.5 Å². The Balaban J connectivity index is 2.10. The second kappa shape index (κ2) is 7.08. The molecule has 2 N–H and O–H groups in total. The van der Waals surface area contributed by atoms with E-state index in [1.807, 2.05) is 32.0 Å². The molecule has 114 valence electrons. The highest BCUT2D eigenvalue weighted by molar-refractivity contribution is 5.40. The maximum Gasteiger partial charge on any atom is 0.253 e. The zero-order valence-electron chi connectivity index (χ0n) is 12.6. The van der Waals surface area contributed by atoms with Gasteiger partial charge in [-0.25, -0.2) is 0 Å². The zero-order valence-corrected chi connectivity index (χ0v) is 12.6. The van der Waals surface area contributed by atoms with Crippen molar-refractivity contribution in [1.82, 2.24) is 10.2 Å². The molecular formula is C15H21N3O3. The van der Waals surface area contributed by atoms with Crippen molar-refractivity contribution in [2.45, 2.75) is 39.3 Å². The van der Waals surface area contributed by atoms with Gasteiger partial charge in [0.15, 0.2) is 6.61 Å². The SMILES string of the molecule is CCc1nnc(COc2ccc(OC)cc2CC(C)N)o1. The van der Waals surface area contributed by atoms with Crippen LogP contribution >= 0.6 is 0 Å². The standard InChI is InChI=1S/C15H21N3O3/c1-4-14-17-18-15(21-14)9-20-13-6-5-12(19-3)8-11(13)7-10(2)16/h5-6,8,10H,4,7,9,16H2,1-3H3. The van der Waals surface area contributed by atoms with Crippen molar-refractivity contribution in [2.24, 2.45) is 5.73 Å². The molecule has 0 aliphatic rings.